The van der Waals surface area contributed by atoms with Crippen LogP contribution >= 0.6 is 0 Å². The second-order valence-electron chi connectivity index (χ2n) is 4.87. The van der Waals surface area contributed by atoms with Gasteiger partial charge in [-0.3, -0.25) is 4.79 Å². The lowest BCUT2D eigenvalue weighted by Gasteiger charge is -2.00. The molecule has 0 saturated heterocycles. The number of carbonyl (C=O) groups is 1. The maximum absolute atomic E-state index is 10.9. The molecule has 2 heteroatoms. The summed E-state index contributed by atoms with van der Waals surface area (Å²) >= 11 is 0. The first-order valence-electron chi connectivity index (χ1n) is 7.43. The Hall–Kier alpha value is -1.75. The Labute approximate surface area is 122 Å². The molecule has 0 heterocycles. The van der Waals surface area contributed by atoms with E-state index in [9.17, 15) is 4.79 Å². The van der Waals surface area contributed by atoms with Crippen LogP contribution in [0.1, 0.15) is 56.9 Å². The Morgan fingerprint density at radius 1 is 1.00 bits per heavy atom. The van der Waals surface area contributed by atoms with Crippen molar-refractivity contribution in [3.05, 3.63) is 35.9 Å². The zero-order chi connectivity index (χ0) is 14.5. The van der Waals surface area contributed by atoms with E-state index in [2.05, 4.69) is 16.6 Å². The highest BCUT2D eigenvalue weighted by Gasteiger charge is 1.98. The van der Waals surface area contributed by atoms with Crippen molar-refractivity contribution in [2.75, 3.05) is 7.11 Å². The minimum absolute atomic E-state index is 0.0961. The first-order chi connectivity index (χ1) is 9.83. The first kappa shape index (κ1) is 16.3. The van der Waals surface area contributed by atoms with E-state index in [-0.39, 0.29) is 5.97 Å². The zero-order valence-electron chi connectivity index (χ0n) is 12.4. The van der Waals surface area contributed by atoms with Gasteiger partial charge in [0.25, 0.3) is 0 Å². The predicted octanol–water partition coefficient (Wildman–Crippen LogP) is 4.33. The third-order valence-corrected chi connectivity index (χ3v) is 3.17. The number of hydrogen-bond donors (Lipinski definition) is 0. The van der Waals surface area contributed by atoms with Gasteiger partial charge in [0.05, 0.1) is 7.11 Å². The van der Waals surface area contributed by atoms with E-state index in [1.54, 1.807) is 0 Å². The number of unbranched alkanes of at least 4 members (excludes halogenated alkanes) is 6. The molecule has 0 aliphatic rings. The lowest BCUT2D eigenvalue weighted by atomic mass is 10.1. The second kappa shape index (κ2) is 11.1. The van der Waals surface area contributed by atoms with Crippen LogP contribution < -0.4 is 0 Å². The van der Waals surface area contributed by atoms with Crippen LogP contribution in [0.3, 0.4) is 0 Å². The SMILES string of the molecule is COC(=O)CCCCCCCCC#Cc1ccccc1. The average Bonchev–Trinajstić information content (AvgIpc) is 2.50. The molecule has 2 nitrogen and oxygen atoms in total. The number of hydrogen-bond acceptors (Lipinski definition) is 2. The fraction of sp³-hybridized carbons (Fsp3) is 0.500. The molecule has 0 aliphatic carbocycles. The second-order valence-corrected chi connectivity index (χ2v) is 4.87. The maximum Gasteiger partial charge on any atom is 0.305 e. The standard InChI is InChI=1S/C18H24O2/c1-20-18(19)16-12-7-5-3-2-4-6-9-13-17-14-10-8-11-15-17/h8,10-11,14-15H,2-7,12,16H2,1H3. The molecule has 1 aromatic carbocycles. The third kappa shape index (κ3) is 8.37. The van der Waals surface area contributed by atoms with Crippen LogP contribution in [-0.2, 0) is 9.53 Å². The van der Waals surface area contributed by atoms with E-state index >= 15 is 0 Å². The van der Waals surface area contributed by atoms with Crippen LogP contribution in [0.5, 0.6) is 0 Å². The Kier molecular flexibility index (Phi) is 9.06. The van der Waals surface area contributed by atoms with Crippen molar-refractivity contribution in [2.24, 2.45) is 0 Å². The van der Waals surface area contributed by atoms with Gasteiger partial charge >= 0.3 is 5.97 Å². The van der Waals surface area contributed by atoms with Gasteiger partial charge in [-0.25, -0.2) is 0 Å². The monoisotopic (exact) mass is 272 g/mol. The summed E-state index contributed by atoms with van der Waals surface area (Å²) in [5.41, 5.74) is 1.09. The van der Waals surface area contributed by atoms with E-state index in [0.29, 0.717) is 6.42 Å². The smallest absolute Gasteiger partial charge is 0.305 e. The first-order valence-corrected chi connectivity index (χ1v) is 7.43. The molecule has 0 atom stereocenters. The van der Waals surface area contributed by atoms with Crippen LogP contribution in [0, 0.1) is 11.8 Å². The van der Waals surface area contributed by atoms with Crippen LogP contribution in [0.25, 0.3) is 0 Å². The van der Waals surface area contributed by atoms with Gasteiger partial charge in [0.2, 0.25) is 0 Å². The molecule has 0 aromatic heterocycles. The summed E-state index contributed by atoms with van der Waals surface area (Å²) < 4.78 is 4.60. The van der Waals surface area contributed by atoms with Crippen molar-refractivity contribution in [3.63, 3.8) is 0 Å². The molecule has 1 rings (SSSR count). The number of methoxy groups -OCH3 is 1. The molecule has 20 heavy (non-hydrogen) atoms. The van der Waals surface area contributed by atoms with Gasteiger partial charge in [-0.1, -0.05) is 55.7 Å². The Bertz CT molecular complexity index is 426. The molecule has 0 spiro atoms. The third-order valence-electron chi connectivity index (χ3n) is 3.17. The van der Waals surface area contributed by atoms with E-state index in [0.717, 1.165) is 31.2 Å². The molecule has 0 fully saturated rings. The van der Waals surface area contributed by atoms with Crippen molar-refractivity contribution in [1.82, 2.24) is 0 Å². The number of rotatable bonds is 8. The summed E-state index contributed by atoms with van der Waals surface area (Å²) in [6, 6.07) is 10.1. The lowest BCUT2D eigenvalue weighted by molar-refractivity contribution is -0.140. The summed E-state index contributed by atoms with van der Waals surface area (Å²) in [5, 5.41) is 0. The zero-order valence-corrected chi connectivity index (χ0v) is 12.4. The Morgan fingerprint density at radius 2 is 1.65 bits per heavy atom. The molecule has 0 bridgehead atoms. The van der Waals surface area contributed by atoms with Crippen LogP contribution in [0.15, 0.2) is 30.3 Å². The highest BCUT2D eigenvalue weighted by Crippen LogP contribution is 2.08. The molecule has 108 valence electrons. The van der Waals surface area contributed by atoms with Gasteiger partial charge in [0, 0.05) is 18.4 Å². The highest BCUT2D eigenvalue weighted by atomic mass is 16.5. The van der Waals surface area contributed by atoms with Crippen molar-refractivity contribution in [2.45, 2.75) is 51.4 Å². The van der Waals surface area contributed by atoms with Gasteiger partial charge in [-0.2, -0.15) is 0 Å². The minimum Gasteiger partial charge on any atom is -0.469 e. The largest absolute Gasteiger partial charge is 0.469 e. The summed E-state index contributed by atoms with van der Waals surface area (Å²) in [4.78, 5) is 10.9. The molecule has 0 unspecified atom stereocenters. The number of ether oxygens (including phenoxy) is 1. The number of esters is 1. The van der Waals surface area contributed by atoms with Crippen LogP contribution in [0.2, 0.25) is 0 Å². The summed E-state index contributed by atoms with van der Waals surface area (Å²) in [5.74, 6) is 6.29. The Balaban J connectivity index is 1.93. The Morgan fingerprint density at radius 3 is 2.35 bits per heavy atom. The van der Waals surface area contributed by atoms with E-state index < -0.39 is 0 Å². The fourth-order valence-electron chi connectivity index (χ4n) is 1.98. The fourth-order valence-corrected chi connectivity index (χ4v) is 1.98. The number of carbonyl (C=O) groups excluding carboxylic acids is 1. The molecule has 0 radical (unpaired) electrons. The topological polar surface area (TPSA) is 26.3 Å². The van der Waals surface area contributed by atoms with Crippen molar-refractivity contribution >= 4 is 5.97 Å². The van der Waals surface area contributed by atoms with Crippen LogP contribution in [-0.4, -0.2) is 13.1 Å². The van der Waals surface area contributed by atoms with E-state index in [1.807, 2.05) is 30.3 Å². The normalized spacial score (nSPS) is 9.65. The predicted molar refractivity (Wildman–Crippen MR) is 82.3 cm³/mol. The molecule has 0 amide bonds. The summed E-state index contributed by atoms with van der Waals surface area (Å²) in [7, 11) is 1.44. The van der Waals surface area contributed by atoms with Gasteiger partial charge in [-0.15, -0.1) is 0 Å². The maximum atomic E-state index is 10.9. The van der Waals surface area contributed by atoms with Gasteiger partial charge in [0.15, 0.2) is 0 Å². The lowest BCUT2D eigenvalue weighted by Crippen LogP contribution is -1.99. The molecule has 0 aliphatic heterocycles. The van der Waals surface area contributed by atoms with Crippen LogP contribution in [0.4, 0.5) is 0 Å². The number of benzene rings is 1. The average molecular weight is 272 g/mol. The van der Waals surface area contributed by atoms with Crippen molar-refractivity contribution in [3.8, 4) is 11.8 Å². The van der Waals surface area contributed by atoms with Crippen molar-refractivity contribution in [1.29, 1.82) is 0 Å². The van der Waals surface area contributed by atoms with Gasteiger partial charge in [0.1, 0.15) is 0 Å². The summed E-state index contributed by atoms with van der Waals surface area (Å²) in [6.45, 7) is 0. The van der Waals surface area contributed by atoms with E-state index in [4.69, 9.17) is 0 Å². The molecule has 1 aromatic rings. The highest BCUT2D eigenvalue weighted by molar-refractivity contribution is 5.68. The van der Waals surface area contributed by atoms with Crippen molar-refractivity contribution < 1.29 is 9.53 Å². The summed E-state index contributed by atoms with van der Waals surface area (Å²) in [6.07, 6.45) is 8.40. The quantitative estimate of drug-likeness (QED) is 0.400. The molecular formula is C18H24O2. The molecular weight excluding hydrogens is 248 g/mol. The van der Waals surface area contributed by atoms with Gasteiger partial charge in [-0.05, 0) is 25.0 Å². The van der Waals surface area contributed by atoms with Gasteiger partial charge < -0.3 is 4.74 Å². The van der Waals surface area contributed by atoms with E-state index in [1.165, 1.54) is 26.4 Å². The minimum atomic E-state index is -0.0961. The molecule has 0 saturated carbocycles. The molecule has 0 N–H and O–H groups in total.